The first-order valence-electron chi connectivity index (χ1n) is 4.78. The van der Waals surface area contributed by atoms with Crippen LogP contribution in [0.5, 0.6) is 0 Å². The molecule has 2 aliphatic rings. The zero-order valence-electron chi connectivity index (χ0n) is 7.26. The minimum Gasteiger partial charge on any atom is -0.124 e. The third-order valence-electron chi connectivity index (χ3n) is 3.12. The quantitative estimate of drug-likeness (QED) is 0.366. The SMILES string of the molecule is B1C2CCCC1CCC2.C#C. The maximum absolute atomic E-state index is 4.00. The van der Waals surface area contributed by atoms with Gasteiger partial charge in [0.1, 0.15) is 7.28 Å². The Morgan fingerprint density at radius 2 is 1.18 bits per heavy atom. The smallest absolute Gasteiger partial charge is 0.124 e. The van der Waals surface area contributed by atoms with Gasteiger partial charge in [-0.1, -0.05) is 50.2 Å². The molecule has 0 aromatic heterocycles. The molecule has 0 amide bonds. The minimum absolute atomic E-state index is 1.15. The molecule has 1 heteroatoms. The zero-order chi connectivity index (χ0) is 8.10. The first-order chi connectivity index (χ1) is 5.45. The molecule has 0 aromatic rings. The van der Waals surface area contributed by atoms with Crippen molar-refractivity contribution in [2.24, 2.45) is 0 Å². The molecular formula is C10H17B. The molecule has 0 spiro atoms. The van der Waals surface area contributed by atoms with Gasteiger partial charge < -0.3 is 0 Å². The Kier molecular flexibility index (Phi) is 3.56. The number of fused-ring (bicyclic) bond motifs is 2. The van der Waals surface area contributed by atoms with E-state index in [-0.39, 0.29) is 0 Å². The van der Waals surface area contributed by atoms with Crippen LogP contribution in [-0.4, -0.2) is 7.28 Å². The highest BCUT2D eigenvalue weighted by Gasteiger charge is 2.26. The van der Waals surface area contributed by atoms with Crippen molar-refractivity contribution in [3.05, 3.63) is 0 Å². The molecule has 0 atom stereocenters. The van der Waals surface area contributed by atoms with Crippen molar-refractivity contribution in [3.8, 4) is 12.8 Å². The summed E-state index contributed by atoms with van der Waals surface area (Å²) in [7, 11) is 1.58. The van der Waals surface area contributed by atoms with E-state index in [0.717, 1.165) is 11.6 Å². The minimum atomic E-state index is 1.15. The first kappa shape index (κ1) is 8.72. The third kappa shape index (κ3) is 2.29. The van der Waals surface area contributed by atoms with Crippen LogP contribution in [0.25, 0.3) is 0 Å². The second kappa shape index (κ2) is 4.49. The van der Waals surface area contributed by atoms with Crippen LogP contribution in [0.15, 0.2) is 0 Å². The van der Waals surface area contributed by atoms with E-state index < -0.39 is 0 Å². The van der Waals surface area contributed by atoms with Crippen molar-refractivity contribution in [1.29, 1.82) is 0 Å². The average Bonchev–Trinajstić information content (AvgIpc) is 2.08. The average molecular weight is 148 g/mol. The Hall–Kier alpha value is -0.375. The molecule has 2 saturated heterocycles. The lowest BCUT2D eigenvalue weighted by Crippen LogP contribution is -2.21. The van der Waals surface area contributed by atoms with Crippen molar-refractivity contribution >= 4 is 7.28 Å². The van der Waals surface area contributed by atoms with E-state index in [9.17, 15) is 0 Å². The standard InChI is InChI=1S/C8H15B.C2H2/c1-3-7-5-2-6-8(4-1)9-7;1-2/h7-9H,1-6H2;1-2H. The fraction of sp³-hybridized carbons (Fsp3) is 0.800. The second-order valence-electron chi connectivity index (χ2n) is 3.83. The Bertz CT molecular complexity index is 108. The monoisotopic (exact) mass is 148 g/mol. The van der Waals surface area contributed by atoms with E-state index in [1.165, 1.54) is 12.8 Å². The molecule has 0 unspecified atom stereocenters. The molecular weight excluding hydrogens is 131 g/mol. The number of terminal acetylenes is 1. The summed E-state index contributed by atoms with van der Waals surface area (Å²) >= 11 is 0. The fourth-order valence-electron chi connectivity index (χ4n) is 2.62. The normalized spacial score (nSPS) is 34.4. The predicted molar refractivity (Wildman–Crippen MR) is 52.2 cm³/mol. The Morgan fingerprint density at radius 3 is 1.45 bits per heavy atom. The maximum Gasteiger partial charge on any atom is 0.127 e. The van der Waals surface area contributed by atoms with Crippen LogP contribution in [-0.2, 0) is 0 Å². The second-order valence-corrected chi connectivity index (χ2v) is 3.83. The van der Waals surface area contributed by atoms with Gasteiger partial charge in [-0.15, -0.1) is 12.8 Å². The molecule has 0 radical (unpaired) electrons. The number of hydrogen-bond acceptors (Lipinski definition) is 0. The van der Waals surface area contributed by atoms with Crippen molar-refractivity contribution < 1.29 is 0 Å². The van der Waals surface area contributed by atoms with E-state index in [0.29, 0.717) is 0 Å². The molecule has 2 rings (SSSR count). The molecule has 2 aliphatic heterocycles. The molecule has 0 saturated carbocycles. The molecule has 2 heterocycles. The van der Waals surface area contributed by atoms with Gasteiger partial charge in [0.2, 0.25) is 0 Å². The van der Waals surface area contributed by atoms with E-state index >= 15 is 0 Å². The summed E-state index contributed by atoms with van der Waals surface area (Å²) in [5.41, 5.74) is 0. The van der Waals surface area contributed by atoms with Gasteiger partial charge >= 0.3 is 0 Å². The van der Waals surface area contributed by atoms with Crippen molar-refractivity contribution in [2.45, 2.75) is 50.2 Å². The van der Waals surface area contributed by atoms with Crippen molar-refractivity contribution in [1.82, 2.24) is 0 Å². The zero-order valence-corrected chi connectivity index (χ0v) is 7.26. The molecule has 0 N–H and O–H groups in total. The summed E-state index contributed by atoms with van der Waals surface area (Å²) < 4.78 is 0. The van der Waals surface area contributed by atoms with Crippen LogP contribution in [0, 0.1) is 12.8 Å². The number of rotatable bonds is 0. The van der Waals surface area contributed by atoms with Crippen molar-refractivity contribution in [2.75, 3.05) is 0 Å². The molecule has 0 nitrogen and oxygen atoms in total. The highest BCUT2D eigenvalue weighted by Crippen LogP contribution is 2.40. The van der Waals surface area contributed by atoms with Crippen LogP contribution in [0.3, 0.4) is 0 Å². The van der Waals surface area contributed by atoms with Crippen LogP contribution in [0.4, 0.5) is 0 Å². The van der Waals surface area contributed by atoms with E-state index in [1.807, 2.05) is 0 Å². The Labute approximate surface area is 71.0 Å². The lowest BCUT2D eigenvalue weighted by atomic mass is 9.44. The first-order valence-corrected chi connectivity index (χ1v) is 4.78. The van der Waals surface area contributed by atoms with Gasteiger partial charge in [0.15, 0.2) is 0 Å². The fourth-order valence-corrected chi connectivity index (χ4v) is 2.62. The van der Waals surface area contributed by atoms with Gasteiger partial charge in [0.05, 0.1) is 0 Å². The summed E-state index contributed by atoms with van der Waals surface area (Å²) in [6.07, 6.45) is 17.3. The highest BCUT2D eigenvalue weighted by molar-refractivity contribution is 6.40. The Morgan fingerprint density at radius 1 is 0.818 bits per heavy atom. The van der Waals surface area contributed by atoms with Gasteiger partial charge in [0.25, 0.3) is 0 Å². The van der Waals surface area contributed by atoms with E-state index in [2.05, 4.69) is 12.8 Å². The van der Waals surface area contributed by atoms with Crippen molar-refractivity contribution in [3.63, 3.8) is 0 Å². The summed E-state index contributed by atoms with van der Waals surface area (Å²) in [6.45, 7) is 0. The van der Waals surface area contributed by atoms with Gasteiger partial charge in [0, 0.05) is 0 Å². The number of hydrogen-bond donors (Lipinski definition) is 0. The lowest BCUT2D eigenvalue weighted by molar-refractivity contribution is 0.455. The molecule has 2 fully saturated rings. The Balaban J connectivity index is 0.000000281. The van der Waals surface area contributed by atoms with Crippen LogP contribution in [0.2, 0.25) is 11.6 Å². The van der Waals surface area contributed by atoms with Crippen LogP contribution in [0.1, 0.15) is 38.5 Å². The van der Waals surface area contributed by atoms with E-state index in [4.69, 9.17) is 0 Å². The van der Waals surface area contributed by atoms with Crippen LogP contribution < -0.4 is 0 Å². The molecule has 0 aromatic carbocycles. The predicted octanol–water partition coefficient (Wildman–Crippen LogP) is 2.62. The van der Waals surface area contributed by atoms with Gasteiger partial charge in [-0.2, -0.15) is 0 Å². The molecule has 11 heavy (non-hydrogen) atoms. The summed E-state index contributed by atoms with van der Waals surface area (Å²) in [4.78, 5) is 0. The molecule has 0 aliphatic carbocycles. The van der Waals surface area contributed by atoms with Gasteiger partial charge in [-0.25, -0.2) is 0 Å². The molecule has 2 bridgehead atoms. The summed E-state index contributed by atoms with van der Waals surface area (Å²) in [5.74, 6) is 2.30. The highest BCUT2D eigenvalue weighted by atomic mass is 14.2. The van der Waals surface area contributed by atoms with Crippen LogP contribution >= 0.6 is 0 Å². The molecule has 60 valence electrons. The topological polar surface area (TPSA) is 0 Å². The van der Waals surface area contributed by atoms with Gasteiger partial charge in [-0.05, 0) is 0 Å². The third-order valence-corrected chi connectivity index (χ3v) is 3.12. The lowest BCUT2D eigenvalue weighted by Gasteiger charge is -2.32. The summed E-state index contributed by atoms with van der Waals surface area (Å²) in [5, 5.41) is 0. The van der Waals surface area contributed by atoms with Gasteiger partial charge in [-0.3, -0.25) is 0 Å². The summed E-state index contributed by atoms with van der Waals surface area (Å²) in [6, 6.07) is 0. The maximum atomic E-state index is 4.00. The van der Waals surface area contributed by atoms with E-state index in [1.54, 1.807) is 33.0 Å². The largest absolute Gasteiger partial charge is 0.127 e.